The second kappa shape index (κ2) is 6.92. The molecule has 4 heteroatoms. The summed E-state index contributed by atoms with van der Waals surface area (Å²) in [5, 5.41) is 7.33. The van der Waals surface area contributed by atoms with Crippen LogP contribution in [0.15, 0.2) is 73.1 Å². The zero-order chi connectivity index (χ0) is 16.1. The zero-order valence-corrected chi connectivity index (χ0v) is 13.0. The van der Waals surface area contributed by atoms with Crippen LogP contribution in [0, 0.1) is 0 Å². The van der Waals surface area contributed by atoms with E-state index in [4.69, 9.17) is 0 Å². The lowest BCUT2D eigenvalue weighted by atomic mass is 10.1. The smallest absolute Gasteiger partial charge is 0.225 e. The topological polar surface area (TPSA) is 46.9 Å². The highest BCUT2D eigenvalue weighted by Gasteiger charge is 2.11. The van der Waals surface area contributed by atoms with E-state index in [2.05, 4.69) is 10.4 Å². The van der Waals surface area contributed by atoms with Crippen LogP contribution in [0.5, 0.6) is 0 Å². The van der Waals surface area contributed by atoms with E-state index < -0.39 is 0 Å². The molecule has 1 unspecified atom stereocenters. The predicted octanol–water partition coefficient (Wildman–Crippen LogP) is 3.29. The minimum atomic E-state index is -0.00660. The van der Waals surface area contributed by atoms with Crippen molar-refractivity contribution in [2.45, 2.75) is 19.4 Å². The summed E-state index contributed by atoms with van der Waals surface area (Å²) in [6.45, 7) is 1.99. The van der Waals surface area contributed by atoms with E-state index in [1.165, 1.54) is 0 Å². The molecule has 0 aliphatic rings. The summed E-state index contributed by atoms with van der Waals surface area (Å²) in [6.07, 6.45) is 3.95. The first-order chi connectivity index (χ1) is 11.2. The third-order valence-electron chi connectivity index (χ3n) is 3.70. The average molecular weight is 305 g/mol. The second-order valence-corrected chi connectivity index (χ2v) is 5.51. The van der Waals surface area contributed by atoms with Gasteiger partial charge in [0.2, 0.25) is 5.91 Å². The van der Waals surface area contributed by atoms with Gasteiger partial charge in [0.25, 0.3) is 0 Å². The van der Waals surface area contributed by atoms with Gasteiger partial charge in [-0.1, -0.05) is 48.5 Å². The van der Waals surface area contributed by atoms with E-state index >= 15 is 0 Å². The van der Waals surface area contributed by atoms with Crippen LogP contribution in [-0.2, 0) is 11.2 Å². The van der Waals surface area contributed by atoms with Crippen molar-refractivity contribution in [3.05, 3.63) is 84.2 Å². The number of benzene rings is 2. The van der Waals surface area contributed by atoms with Gasteiger partial charge >= 0.3 is 0 Å². The summed E-state index contributed by atoms with van der Waals surface area (Å²) in [5.74, 6) is -0.00559. The quantitative estimate of drug-likeness (QED) is 0.786. The van der Waals surface area contributed by atoms with Gasteiger partial charge in [-0.15, -0.1) is 0 Å². The summed E-state index contributed by atoms with van der Waals surface area (Å²) in [6, 6.07) is 19.8. The molecule has 0 radical (unpaired) electrons. The van der Waals surface area contributed by atoms with E-state index in [0.29, 0.717) is 6.42 Å². The Balaban J connectivity index is 1.61. The van der Waals surface area contributed by atoms with Gasteiger partial charge in [0.1, 0.15) is 0 Å². The molecule has 1 N–H and O–H groups in total. The number of hydrogen-bond acceptors (Lipinski definition) is 2. The maximum Gasteiger partial charge on any atom is 0.225 e. The normalized spacial score (nSPS) is 11.9. The van der Waals surface area contributed by atoms with Crippen molar-refractivity contribution in [2.24, 2.45) is 0 Å². The number of rotatable bonds is 5. The van der Waals surface area contributed by atoms with Gasteiger partial charge in [-0.05, 0) is 30.2 Å². The van der Waals surface area contributed by atoms with Gasteiger partial charge in [-0.2, -0.15) is 5.10 Å². The fraction of sp³-hybridized carbons (Fsp3) is 0.158. The van der Waals surface area contributed by atoms with Crippen LogP contribution in [-0.4, -0.2) is 15.7 Å². The van der Waals surface area contributed by atoms with Crippen LogP contribution in [0.25, 0.3) is 5.69 Å². The van der Waals surface area contributed by atoms with Gasteiger partial charge in [-0.25, -0.2) is 4.68 Å². The Bertz CT molecular complexity index is 766. The third-order valence-corrected chi connectivity index (χ3v) is 3.70. The molecule has 2 aromatic carbocycles. The predicted molar refractivity (Wildman–Crippen MR) is 90.3 cm³/mol. The molecule has 0 aliphatic carbocycles. The second-order valence-electron chi connectivity index (χ2n) is 5.51. The summed E-state index contributed by atoms with van der Waals surface area (Å²) >= 11 is 0. The van der Waals surface area contributed by atoms with Crippen molar-refractivity contribution in [1.82, 2.24) is 15.1 Å². The molecule has 0 bridgehead atoms. The summed E-state index contributed by atoms with van der Waals surface area (Å²) in [4.78, 5) is 12.2. The van der Waals surface area contributed by atoms with E-state index in [0.717, 1.165) is 16.8 Å². The van der Waals surface area contributed by atoms with Crippen molar-refractivity contribution in [3.63, 3.8) is 0 Å². The highest BCUT2D eigenvalue weighted by atomic mass is 16.1. The lowest BCUT2D eigenvalue weighted by Gasteiger charge is -2.13. The third kappa shape index (κ3) is 3.86. The first-order valence-corrected chi connectivity index (χ1v) is 7.65. The Morgan fingerprint density at radius 3 is 2.43 bits per heavy atom. The number of carbonyl (C=O) groups is 1. The lowest BCUT2D eigenvalue weighted by Crippen LogP contribution is -2.27. The minimum absolute atomic E-state index is 0.00559. The molecule has 1 heterocycles. The standard InChI is InChI=1S/C19H19N3O/c1-15(17-8-4-2-5-9-17)21-19(23)12-16-13-20-22(14-16)18-10-6-3-7-11-18/h2-11,13-15H,12H2,1H3,(H,21,23). The summed E-state index contributed by atoms with van der Waals surface area (Å²) in [7, 11) is 0. The Morgan fingerprint density at radius 1 is 1.09 bits per heavy atom. The van der Waals surface area contributed by atoms with Gasteiger partial charge in [0.05, 0.1) is 24.3 Å². The first-order valence-electron chi connectivity index (χ1n) is 7.65. The number of aromatic nitrogens is 2. The Kier molecular flexibility index (Phi) is 4.52. The molecule has 3 rings (SSSR count). The maximum absolute atomic E-state index is 12.2. The summed E-state index contributed by atoms with van der Waals surface area (Å²) in [5.41, 5.74) is 2.98. The number of para-hydroxylation sites is 1. The number of nitrogens with zero attached hydrogens (tertiary/aromatic N) is 2. The number of carbonyl (C=O) groups excluding carboxylic acids is 1. The Morgan fingerprint density at radius 2 is 1.74 bits per heavy atom. The van der Waals surface area contributed by atoms with Gasteiger partial charge in [0.15, 0.2) is 0 Å². The lowest BCUT2D eigenvalue weighted by molar-refractivity contribution is -0.121. The van der Waals surface area contributed by atoms with Crippen LogP contribution in [0.3, 0.4) is 0 Å². The molecule has 116 valence electrons. The molecular weight excluding hydrogens is 286 g/mol. The average Bonchev–Trinajstić information content (AvgIpc) is 3.04. The van der Waals surface area contributed by atoms with Crippen molar-refractivity contribution in [2.75, 3.05) is 0 Å². The van der Waals surface area contributed by atoms with Crippen molar-refractivity contribution >= 4 is 5.91 Å². The fourth-order valence-corrected chi connectivity index (χ4v) is 2.48. The van der Waals surface area contributed by atoms with Crippen LogP contribution in [0.1, 0.15) is 24.1 Å². The molecule has 23 heavy (non-hydrogen) atoms. The summed E-state index contributed by atoms with van der Waals surface area (Å²) < 4.78 is 1.78. The van der Waals surface area contributed by atoms with E-state index in [1.54, 1.807) is 10.9 Å². The molecule has 1 atom stereocenters. The largest absolute Gasteiger partial charge is 0.349 e. The highest BCUT2D eigenvalue weighted by Crippen LogP contribution is 2.12. The van der Waals surface area contributed by atoms with E-state index in [9.17, 15) is 4.79 Å². The molecule has 1 amide bonds. The van der Waals surface area contributed by atoms with Gasteiger partial charge in [-0.3, -0.25) is 4.79 Å². The van der Waals surface area contributed by atoms with Crippen LogP contribution < -0.4 is 5.32 Å². The molecule has 0 saturated heterocycles. The number of hydrogen-bond donors (Lipinski definition) is 1. The Hall–Kier alpha value is -2.88. The fourth-order valence-electron chi connectivity index (χ4n) is 2.48. The monoisotopic (exact) mass is 305 g/mol. The molecule has 4 nitrogen and oxygen atoms in total. The number of amides is 1. The van der Waals surface area contributed by atoms with E-state index in [-0.39, 0.29) is 11.9 Å². The molecular formula is C19H19N3O. The van der Waals surface area contributed by atoms with Crippen LogP contribution in [0.2, 0.25) is 0 Å². The minimum Gasteiger partial charge on any atom is -0.349 e. The van der Waals surface area contributed by atoms with Crippen molar-refractivity contribution < 1.29 is 4.79 Å². The number of nitrogens with one attached hydrogen (secondary N) is 1. The molecule has 0 fully saturated rings. The zero-order valence-electron chi connectivity index (χ0n) is 13.0. The molecule has 1 aromatic heterocycles. The highest BCUT2D eigenvalue weighted by molar-refractivity contribution is 5.78. The SMILES string of the molecule is CC(NC(=O)Cc1cnn(-c2ccccc2)c1)c1ccccc1. The Labute approximate surface area is 135 Å². The van der Waals surface area contributed by atoms with Crippen LogP contribution in [0.4, 0.5) is 0 Å². The van der Waals surface area contributed by atoms with Gasteiger partial charge in [0, 0.05) is 6.20 Å². The van der Waals surface area contributed by atoms with Crippen LogP contribution >= 0.6 is 0 Å². The van der Waals surface area contributed by atoms with Crippen molar-refractivity contribution in [1.29, 1.82) is 0 Å². The van der Waals surface area contributed by atoms with E-state index in [1.807, 2.05) is 73.8 Å². The molecule has 0 spiro atoms. The molecule has 3 aromatic rings. The molecule has 0 aliphatic heterocycles. The first kappa shape index (κ1) is 15.0. The van der Waals surface area contributed by atoms with Gasteiger partial charge < -0.3 is 5.32 Å². The maximum atomic E-state index is 12.2. The molecule has 0 saturated carbocycles. The van der Waals surface area contributed by atoms with Crippen molar-refractivity contribution in [3.8, 4) is 5.69 Å².